The summed E-state index contributed by atoms with van der Waals surface area (Å²) in [6, 6.07) is 0.357. The van der Waals surface area contributed by atoms with Crippen LogP contribution in [0.4, 0.5) is 5.82 Å². The number of halogens is 1. The molecule has 0 bridgehead atoms. The Balaban J connectivity index is 1.70. The fourth-order valence-corrected chi connectivity index (χ4v) is 6.42. The van der Waals surface area contributed by atoms with E-state index in [2.05, 4.69) is 25.6 Å². The average molecular weight is 446 g/mol. The van der Waals surface area contributed by atoms with Crippen LogP contribution in [0.25, 0.3) is 11.2 Å². The molecule has 26 heavy (non-hydrogen) atoms. The molecule has 4 N–H and O–H groups in total. The number of aromatic nitrogens is 4. The third-order valence-corrected chi connectivity index (χ3v) is 8.32. The molecule has 0 unspecified atom stereocenters. The number of anilines is 1. The summed E-state index contributed by atoms with van der Waals surface area (Å²) < 4.78 is 1.70. The molecule has 1 aliphatic carbocycles. The van der Waals surface area contributed by atoms with Gasteiger partial charge >= 0.3 is 161 Å². The van der Waals surface area contributed by atoms with E-state index >= 15 is 0 Å². The van der Waals surface area contributed by atoms with Crippen LogP contribution in [0.3, 0.4) is 0 Å². The van der Waals surface area contributed by atoms with E-state index in [0.717, 1.165) is 12.8 Å². The van der Waals surface area contributed by atoms with Crippen molar-refractivity contribution < 1.29 is 15.0 Å². The van der Waals surface area contributed by atoms with E-state index in [1.807, 2.05) is 0 Å². The molecule has 4 rings (SSSR count). The Kier molecular flexibility index (Phi) is 4.79. The van der Waals surface area contributed by atoms with Crippen LogP contribution in [0.5, 0.6) is 0 Å². The SMILES string of the molecule is CNC(=O)[C@H]1[Se][C@@H](n2cnc3c(NC4CCC4)nc(Cl)nc32)[C@H](O)[C@@H]1O. The van der Waals surface area contributed by atoms with Crippen molar-refractivity contribution >= 4 is 49.4 Å². The number of amides is 1. The zero-order valence-electron chi connectivity index (χ0n) is 14.0. The van der Waals surface area contributed by atoms with Crippen molar-refractivity contribution in [1.29, 1.82) is 0 Å². The Bertz CT molecular complexity index is 844. The van der Waals surface area contributed by atoms with E-state index in [4.69, 9.17) is 11.6 Å². The van der Waals surface area contributed by atoms with Crippen LogP contribution in [0.15, 0.2) is 6.33 Å². The van der Waals surface area contributed by atoms with Gasteiger partial charge in [0.1, 0.15) is 0 Å². The van der Waals surface area contributed by atoms with Crippen molar-refractivity contribution in [3.8, 4) is 0 Å². The van der Waals surface area contributed by atoms with E-state index < -0.39 is 22.0 Å². The number of aliphatic hydroxyl groups is 2. The van der Waals surface area contributed by atoms with Crippen molar-refractivity contribution in [2.24, 2.45) is 0 Å². The average Bonchev–Trinajstić information content (AvgIpc) is 3.12. The molecule has 0 radical (unpaired) electrons. The van der Waals surface area contributed by atoms with Crippen LogP contribution in [0.2, 0.25) is 10.1 Å². The quantitative estimate of drug-likeness (QED) is 0.383. The molecule has 1 aliphatic heterocycles. The molecule has 2 fully saturated rings. The van der Waals surface area contributed by atoms with Crippen LogP contribution in [0.1, 0.15) is 24.2 Å². The van der Waals surface area contributed by atoms with E-state index in [1.54, 1.807) is 10.9 Å². The second kappa shape index (κ2) is 6.94. The molecule has 2 aromatic heterocycles. The molecule has 2 aromatic rings. The van der Waals surface area contributed by atoms with Gasteiger partial charge in [0.05, 0.1) is 0 Å². The topological polar surface area (TPSA) is 125 Å². The Hall–Kier alpha value is -1.45. The van der Waals surface area contributed by atoms with Gasteiger partial charge in [-0.25, -0.2) is 0 Å². The summed E-state index contributed by atoms with van der Waals surface area (Å²) in [7, 11) is 1.52. The molecule has 140 valence electrons. The van der Waals surface area contributed by atoms with Gasteiger partial charge in [-0.3, -0.25) is 0 Å². The van der Waals surface area contributed by atoms with Gasteiger partial charge in [-0.15, -0.1) is 0 Å². The first kappa shape index (κ1) is 17.9. The summed E-state index contributed by atoms with van der Waals surface area (Å²) in [5.41, 5.74) is 1.06. The summed E-state index contributed by atoms with van der Waals surface area (Å²) in [4.78, 5) is 23.8. The van der Waals surface area contributed by atoms with E-state index in [9.17, 15) is 15.0 Å². The van der Waals surface area contributed by atoms with Gasteiger partial charge in [-0.05, 0) is 0 Å². The monoisotopic (exact) mass is 446 g/mol. The summed E-state index contributed by atoms with van der Waals surface area (Å²) in [6.07, 6.45) is 2.70. The van der Waals surface area contributed by atoms with Gasteiger partial charge in [-0.1, -0.05) is 0 Å². The maximum absolute atomic E-state index is 12.0. The summed E-state index contributed by atoms with van der Waals surface area (Å²) in [5, 5.41) is 26.7. The molecule has 1 amide bonds. The van der Waals surface area contributed by atoms with Gasteiger partial charge in [-0.2, -0.15) is 0 Å². The maximum atomic E-state index is 12.0. The number of imidazole rings is 1. The predicted octanol–water partition coefficient (Wildman–Crippen LogP) is -0.0832. The summed E-state index contributed by atoms with van der Waals surface area (Å²) in [5.74, 6) is 0.301. The molecule has 11 heteroatoms. The van der Waals surface area contributed by atoms with Crippen LogP contribution < -0.4 is 10.6 Å². The van der Waals surface area contributed by atoms with Crippen molar-refractivity contribution in [2.75, 3.05) is 12.4 Å². The van der Waals surface area contributed by atoms with Crippen LogP contribution >= 0.6 is 11.6 Å². The van der Waals surface area contributed by atoms with Crippen LogP contribution in [0, 0.1) is 0 Å². The first-order chi connectivity index (χ1) is 12.5. The second-order valence-electron chi connectivity index (χ2n) is 6.48. The second-order valence-corrected chi connectivity index (χ2v) is 9.47. The molecule has 1 saturated carbocycles. The molecule has 2 aliphatic rings. The number of rotatable bonds is 4. The fraction of sp³-hybridized carbons (Fsp3) is 0.600. The van der Waals surface area contributed by atoms with Gasteiger partial charge < -0.3 is 0 Å². The molecular weight excluding hydrogens is 427 g/mol. The van der Waals surface area contributed by atoms with Crippen molar-refractivity contribution in [1.82, 2.24) is 24.8 Å². The van der Waals surface area contributed by atoms with E-state index in [-0.39, 0.29) is 26.1 Å². The first-order valence-corrected chi connectivity index (χ1v) is 10.7. The number of nitrogens with one attached hydrogen (secondary N) is 2. The number of fused-ring (bicyclic) bond motifs is 1. The van der Waals surface area contributed by atoms with Gasteiger partial charge in [0.25, 0.3) is 0 Å². The predicted molar refractivity (Wildman–Crippen MR) is 96.2 cm³/mol. The van der Waals surface area contributed by atoms with E-state index in [0.29, 0.717) is 23.0 Å². The number of hydrogen-bond donors (Lipinski definition) is 4. The van der Waals surface area contributed by atoms with Gasteiger partial charge in [0, 0.05) is 0 Å². The molecule has 0 spiro atoms. The molecule has 1 saturated heterocycles. The molecule has 4 atom stereocenters. The number of carbonyl (C=O) groups is 1. The zero-order chi connectivity index (χ0) is 18.4. The Morgan fingerprint density at radius 1 is 1.35 bits per heavy atom. The summed E-state index contributed by atoms with van der Waals surface area (Å²) >= 11 is 5.71. The minimum atomic E-state index is -1.12. The Morgan fingerprint density at radius 3 is 2.77 bits per heavy atom. The molecular formula is C15H19ClN6O3Se. The molecule has 0 aromatic carbocycles. The van der Waals surface area contributed by atoms with Crippen molar-refractivity contribution in [3.05, 3.63) is 11.6 Å². The summed E-state index contributed by atoms with van der Waals surface area (Å²) in [6.45, 7) is 0. The molecule has 9 nitrogen and oxygen atoms in total. The van der Waals surface area contributed by atoms with Gasteiger partial charge in [0.15, 0.2) is 0 Å². The fourth-order valence-electron chi connectivity index (χ4n) is 3.17. The number of nitrogens with zero attached hydrogens (tertiary/aromatic N) is 4. The van der Waals surface area contributed by atoms with Crippen molar-refractivity contribution in [3.63, 3.8) is 0 Å². The number of aliphatic hydroxyl groups excluding tert-OH is 2. The van der Waals surface area contributed by atoms with Crippen LogP contribution in [-0.2, 0) is 4.79 Å². The van der Waals surface area contributed by atoms with Crippen molar-refractivity contribution in [2.45, 2.75) is 47.3 Å². The normalized spacial score (nSPS) is 28.9. The molecule has 3 heterocycles. The van der Waals surface area contributed by atoms with Gasteiger partial charge in [0.2, 0.25) is 0 Å². The first-order valence-electron chi connectivity index (χ1n) is 8.39. The standard InChI is InChI=1S/C15H19ClN6O3Se/c1-17-13(25)10-8(23)9(24)14(26-10)22-5-18-7-11(19-6-3-2-4-6)20-15(16)21-12(7)22/h5-6,8-10,14,23-24H,2-4H2,1H3,(H,17,25)(H,19,20,21)/t8-,9+,10-,14+/m0/s1. The number of carbonyl (C=O) groups excluding carboxylic acids is 1. The van der Waals surface area contributed by atoms with E-state index in [1.165, 1.54) is 13.5 Å². The van der Waals surface area contributed by atoms with Crippen LogP contribution in [-0.4, -0.2) is 75.9 Å². The third-order valence-electron chi connectivity index (χ3n) is 4.86. The Labute approximate surface area is 160 Å². The zero-order valence-corrected chi connectivity index (χ0v) is 16.4. The third kappa shape index (κ3) is 2.95. The minimum absolute atomic E-state index is 0.0875. The number of hydrogen-bond acceptors (Lipinski definition) is 7. The Morgan fingerprint density at radius 2 is 2.12 bits per heavy atom.